The van der Waals surface area contributed by atoms with E-state index in [2.05, 4.69) is 0 Å². The Hall–Kier alpha value is -3.73. The molecule has 3 aromatic rings. The first-order chi connectivity index (χ1) is 14.6. The molecule has 148 valence electrons. The van der Waals surface area contributed by atoms with Gasteiger partial charge in [-0.05, 0) is 29.7 Å². The summed E-state index contributed by atoms with van der Waals surface area (Å²) in [6.45, 7) is 0.525. The minimum absolute atomic E-state index is 0.0976. The van der Waals surface area contributed by atoms with Crippen LogP contribution in [0.15, 0.2) is 84.6 Å². The fraction of sp³-hybridized carbons (Fsp3) is 0.120. The molecule has 0 aliphatic carbocycles. The molecular weight excluding hydrogens is 379 g/mol. The van der Waals surface area contributed by atoms with Crippen molar-refractivity contribution in [3.8, 4) is 0 Å². The van der Waals surface area contributed by atoms with Crippen LogP contribution in [0.25, 0.3) is 5.57 Å². The number of hydrogen-bond donors (Lipinski definition) is 0. The standard InChI is InChI=1S/C25H19FN2O2/c26-20-12-6-4-11-19(20)16-28-24(29)22(18-9-2-1-3-10-18)23(25(28)30)27-15-14-17-8-5-7-13-21(17)27/h1-13H,14-16H2. The normalized spacial score (nSPS) is 15.9. The van der Waals surface area contributed by atoms with E-state index in [1.165, 1.54) is 6.07 Å². The van der Waals surface area contributed by atoms with E-state index in [1.807, 2.05) is 59.5 Å². The summed E-state index contributed by atoms with van der Waals surface area (Å²) in [5.74, 6) is -1.22. The number of rotatable bonds is 4. The number of halogens is 1. The van der Waals surface area contributed by atoms with Gasteiger partial charge in [0, 0.05) is 17.8 Å². The molecule has 2 amide bonds. The second-order valence-corrected chi connectivity index (χ2v) is 7.41. The highest BCUT2D eigenvalue weighted by atomic mass is 19.1. The van der Waals surface area contributed by atoms with E-state index in [-0.39, 0.29) is 12.5 Å². The van der Waals surface area contributed by atoms with Gasteiger partial charge in [0.15, 0.2) is 0 Å². The van der Waals surface area contributed by atoms with Crippen molar-refractivity contribution in [2.75, 3.05) is 11.4 Å². The Morgan fingerprint density at radius 1 is 0.800 bits per heavy atom. The Labute approximate surface area is 173 Å². The lowest BCUT2D eigenvalue weighted by atomic mass is 10.0. The first-order valence-electron chi connectivity index (χ1n) is 9.90. The number of anilines is 1. The van der Waals surface area contributed by atoms with E-state index in [0.29, 0.717) is 28.9 Å². The summed E-state index contributed by atoms with van der Waals surface area (Å²) >= 11 is 0. The molecule has 0 spiro atoms. The summed E-state index contributed by atoms with van der Waals surface area (Å²) in [6, 6.07) is 23.3. The summed E-state index contributed by atoms with van der Waals surface area (Å²) in [5.41, 5.74) is 3.82. The van der Waals surface area contributed by atoms with Crippen molar-refractivity contribution in [1.29, 1.82) is 0 Å². The van der Waals surface area contributed by atoms with Crippen LogP contribution < -0.4 is 4.90 Å². The van der Waals surface area contributed by atoms with Crippen LogP contribution in [0.2, 0.25) is 0 Å². The third-order valence-electron chi connectivity index (χ3n) is 5.65. The fourth-order valence-corrected chi connectivity index (χ4v) is 4.19. The predicted octanol–water partition coefficient (Wildman–Crippen LogP) is 4.17. The maximum absolute atomic E-state index is 14.2. The van der Waals surface area contributed by atoms with E-state index >= 15 is 0 Å². The average Bonchev–Trinajstić information content (AvgIpc) is 3.30. The van der Waals surface area contributed by atoms with Crippen LogP contribution in [0, 0.1) is 5.82 Å². The van der Waals surface area contributed by atoms with Crippen LogP contribution >= 0.6 is 0 Å². The third kappa shape index (κ3) is 2.90. The summed E-state index contributed by atoms with van der Waals surface area (Å²) in [6.07, 6.45) is 0.802. The predicted molar refractivity (Wildman–Crippen MR) is 113 cm³/mol. The van der Waals surface area contributed by atoms with Gasteiger partial charge in [0.05, 0.1) is 12.1 Å². The maximum Gasteiger partial charge on any atom is 0.278 e. The van der Waals surface area contributed by atoms with Crippen LogP contribution in [0.3, 0.4) is 0 Å². The Balaban J connectivity index is 1.61. The van der Waals surface area contributed by atoms with Crippen LogP contribution in [-0.4, -0.2) is 23.3 Å². The number of hydrogen-bond acceptors (Lipinski definition) is 3. The first kappa shape index (κ1) is 18.3. The minimum Gasteiger partial charge on any atom is -0.336 e. The molecule has 2 heterocycles. The molecular formula is C25H19FN2O2. The Kier molecular flexibility index (Phi) is 4.43. The lowest BCUT2D eigenvalue weighted by Gasteiger charge is -2.22. The van der Waals surface area contributed by atoms with Gasteiger partial charge in [-0.1, -0.05) is 66.7 Å². The van der Waals surface area contributed by atoms with E-state index in [1.54, 1.807) is 18.2 Å². The van der Waals surface area contributed by atoms with E-state index in [9.17, 15) is 14.0 Å². The zero-order chi connectivity index (χ0) is 20.7. The van der Waals surface area contributed by atoms with Gasteiger partial charge in [-0.2, -0.15) is 0 Å². The van der Waals surface area contributed by atoms with E-state index in [0.717, 1.165) is 22.6 Å². The van der Waals surface area contributed by atoms with Crippen molar-refractivity contribution in [2.45, 2.75) is 13.0 Å². The van der Waals surface area contributed by atoms with E-state index in [4.69, 9.17) is 0 Å². The number of para-hydroxylation sites is 1. The van der Waals surface area contributed by atoms with Gasteiger partial charge in [0.25, 0.3) is 11.8 Å². The molecule has 0 saturated carbocycles. The molecule has 0 aromatic heterocycles. The molecule has 3 aromatic carbocycles. The number of imide groups is 1. The number of nitrogens with zero attached hydrogens (tertiary/aromatic N) is 2. The number of benzene rings is 3. The number of amides is 2. The zero-order valence-corrected chi connectivity index (χ0v) is 16.2. The maximum atomic E-state index is 14.2. The molecule has 5 rings (SSSR count). The lowest BCUT2D eigenvalue weighted by molar-refractivity contribution is -0.137. The molecule has 0 unspecified atom stereocenters. The van der Waals surface area contributed by atoms with Gasteiger partial charge in [0.2, 0.25) is 0 Å². The van der Waals surface area contributed by atoms with Crippen molar-refractivity contribution in [3.63, 3.8) is 0 Å². The van der Waals surface area contributed by atoms with E-state index < -0.39 is 11.7 Å². The molecule has 5 heteroatoms. The second-order valence-electron chi connectivity index (χ2n) is 7.41. The summed E-state index contributed by atoms with van der Waals surface area (Å²) in [7, 11) is 0. The monoisotopic (exact) mass is 398 g/mol. The topological polar surface area (TPSA) is 40.6 Å². The SMILES string of the molecule is O=C1C(c2ccccc2)=C(N2CCc3ccccc32)C(=O)N1Cc1ccccc1F. The van der Waals surface area contributed by atoms with Gasteiger partial charge >= 0.3 is 0 Å². The molecule has 2 aliphatic heterocycles. The van der Waals surface area contributed by atoms with Crippen molar-refractivity contribution < 1.29 is 14.0 Å². The molecule has 30 heavy (non-hydrogen) atoms. The lowest BCUT2D eigenvalue weighted by Crippen LogP contribution is -2.34. The van der Waals surface area contributed by atoms with Crippen LogP contribution in [-0.2, 0) is 22.6 Å². The third-order valence-corrected chi connectivity index (χ3v) is 5.65. The minimum atomic E-state index is -0.431. The molecule has 0 atom stereocenters. The number of carbonyl (C=O) groups is 2. The number of fused-ring (bicyclic) bond motifs is 1. The molecule has 0 bridgehead atoms. The van der Waals surface area contributed by atoms with Crippen LogP contribution in [0.1, 0.15) is 16.7 Å². The van der Waals surface area contributed by atoms with Crippen molar-refractivity contribution in [3.05, 3.63) is 107 Å². The molecule has 0 N–H and O–H groups in total. The van der Waals surface area contributed by atoms with Gasteiger partial charge in [-0.15, -0.1) is 0 Å². The van der Waals surface area contributed by atoms with Crippen LogP contribution in [0.5, 0.6) is 0 Å². The van der Waals surface area contributed by atoms with Crippen molar-refractivity contribution in [2.24, 2.45) is 0 Å². The molecule has 2 aliphatic rings. The van der Waals surface area contributed by atoms with Crippen molar-refractivity contribution in [1.82, 2.24) is 4.90 Å². The highest BCUT2D eigenvalue weighted by Gasteiger charge is 2.43. The highest BCUT2D eigenvalue weighted by Crippen LogP contribution is 2.38. The largest absolute Gasteiger partial charge is 0.336 e. The van der Waals surface area contributed by atoms with Gasteiger partial charge < -0.3 is 4.90 Å². The van der Waals surface area contributed by atoms with Crippen molar-refractivity contribution >= 4 is 23.1 Å². The molecule has 4 nitrogen and oxygen atoms in total. The first-order valence-corrected chi connectivity index (χ1v) is 9.90. The summed E-state index contributed by atoms with van der Waals surface area (Å²) in [5, 5.41) is 0. The Morgan fingerprint density at radius 3 is 2.30 bits per heavy atom. The zero-order valence-electron chi connectivity index (χ0n) is 16.2. The summed E-state index contributed by atoms with van der Waals surface area (Å²) < 4.78 is 14.2. The quantitative estimate of drug-likeness (QED) is 0.620. The summed E-state index contributed by atoms with van der Waals surface area (Å²) in [4.78, 5) is 30.0. The Morgan fingerprint density at radius 2 is 1.50 bits per heavy atom. The smallest absolute Gasteiger partial charge is 0.278 e. The highest BCUT2D eigenvalue weighted by molar-refractivity contribution is 6.36. The number of carbonyl (C=O) groups excluding carboxylic acids is 2. The Bertz CT molecular complexity index is 1190. The van der Waals surface area contributed by atoms with Gasteiger partial charge in [-0.3, -0.25) is 14.5 Å². The second kappa shape index (κ2) is 7.26. The van der Waals surface area contributed by atoms with Gasteiger partial charge in [0.1, 0.15) is 11.5 Å². The molecule has 0 fully saturated rings. The molecule has 0 radical (unpaired) electrons. The average molecular weight is 398 g/mol. The fourth-order valence-electron chi connectivity index (χ4n) is 4.19. The molecule has 0 saturated heterocycles. The van der Waals surface area contributed by atoms with Crippen LogP contribution in [0.4, 0.5) is 10.1 Å². The van der Waals surface area contributed by atoms with Gasteiger partial charge in [-0.25, -0.2) is 4.39 Å².